The molecule has 1 aliphatic carbocycles. The van der Waals surface area contributed by atoms with Gasteiger partial charge in [-0.2, -0.15) is 0 Å². The van der Waals surface area contributed by atoms with E-state index in [0.717, 1.165) is 5.92 Å². The van der Waals surface area contributed by atoms with E-state index in [9.17, 15) is 0 Å². The first kappa shape index (κ1) is 30.8. The minimum Gasteiger partial charge on any atom is -0.388 e. The van der Waals surface area contributed by atoms with Crippen molar-refractivity contribution in [3.8, 4) is 0 Å². The Morgan fingerprint density at radius 3 is 1.43 bits per heavy atom. The van der Waals surface area contributed by atoms with Crippen LogP contribution in [0.15, 0.2) is 0 Å². The second kappa shape index (κ2) is 29.9. The van der Waals surface area contributed by atoms with E-state index in [1.54, 1.807) is 14.2 Å². The van der Waals surface area contributed by atoms with Crippen molar-refractivity contribution < 1.29 is 4.74 Å². The zero-order valence-corrected chi connectivity index (χ0v) is 17.2. The normalized spacial score (nSPS) is 17.2. The Balaban J connectivity index is -0.000000156. The molecule has 0 spiro atoms. The summed E-state index contributed by atoms with van der Waals surface area (Å²) in [6.07, 6.45) is 11.9. The second-order valence-corrected chi connectivity index (χ2v) is 5.27. The number of piperidine rings is 1. The molecule has 1 saturated carbocycles. The predicted molar refractivity (Wildman–Crippen MR) is 111 cm³/mol. The minimum atomic E-state index is 0. The first-order valence-corrected chi connectivity index (χ1v) is 9.99. The second-order valence-electron chi connectivity index (χ2n) is 5.27. The number of nitrogens with zero attached hydrogens (tertiary/aromatic N) is 1. The van der Waals surface area contributed by atoms with Gasteiger partial charge in [0.2, 0.25) is 0 Å². The molecule has 0 N–H and O–H groups in total. The topological polar surface area (TPSA) is 12.5 Å². The van der Waals surface area contributed by atoms with Crippen LogP contribution in [0.2, 0.25) is 0 Å². The molecule has 2 rings (SSSR count). The first-order valence-electron chi connectivity index (χ1n) is 9.99. The maximum atomic E-state index is 4.25. The van der Waals surface area contributed by atoms with Gasteiger partial charge in [0.05, 0.1) is 0 Å². The Labute approximate surface area is 150 Å². The molecule has 146 valence electrons. The van der Waals surface area contributed by atoms with Crippen LogP contribution >= 0.6 is 0 Å². The molecule has 0 aromatic heterocycles. The van der Waals surface area contributed by atoms with E-state index in [2.05, 4.69) is 9.64 Å². The molecule has 0 aromatic carbocycles. The first-order chi connectivity index (χ1) is 10.9. The van der Waals surface area contributed by atoms with Gasteiger partial charge in [0.25, 0.3) is 0 Å². The molecule has 1 heterocycles. The van der Waals surface area contributed by atoms with Crippen LogP contribution in [0, 0.1) is 5.92 Å². The summed E-state index contributed by atoms with van der Waals surface area (Å²) in [5, 5.41) is 0. The maximum Gasteiger partial charge on any atom is 0.0351 e. The molecule has 23 heavy (non-hydrogen) atoms. The summed E-state index contributed by atoms with van der Waals surface area (Å²) in [6.45, 7) is 16.2. The molecule has 2 nitrogen and oxygen atoms in total. The predicted octanol–water partition coefficient (Wildman–Crippen LogP) is 7.03. The molecule has 0 atom stereocenters. The van der Waals surface area contributed by atoms with Crippen LogP contribution in [0.1, 0.15) is 100 Å². The van der Waals surface area contributed by atoms with Crippen molar-refractivity contribution in [1.82, 2.24) is 4.90 Å². The molecule has 0 amide bonds. The van der Waals surface area contributed by atoms with Crippen molar-refractivity contribution in [2.24, 2.45) is 5.92 Å². The van der Waals surface area contributed by atoms with Gasteiger partial charge in [-0.15, -0.1) is 0 Å². The third kappa shape index (κ3) is 21.9. The lowest BCUT2D eigenvalue weighted by molar-refractivity contribution is 0.174. The molecular weight excluding hydrogens is 282 g/mol. The summed E-state index contributed by atoms with van der Waals surface area (Å²) in [4.78, 5) is 2.71. The third-order valence-electron chi connectivity index (χ3n) is 3.69. The standard InChI is InChI=1S/C12H23N.C2H6O.3C2H6.CH4/c1-3-7-12(8-4-1)11-13-9-5-2-6-10-13;1-3-2;3*1-2;/h12H,1-11H2;1-2H3;3*1-2H3;1H4. The molecule has 1 aliphatic heterocycles. The summed E-state index contributed by atoms with van der Waals surface area (Å²) in [5.41, 5.74) is 0. The van der Waals surface area contributed by atoms with Crippen molar-refractivity contribution in [1.29, 1.82) is 0 Å². The Bertz CT molecular complexity index is 134. The number of hydrogen-bond donors (Lipinski definition) is 0. The summed E-state index contributed by atoms with van der Waals surface area (Å²) < 4.78 is 4.25. The molecule has 0 aromatic rings. The highest BCUT2D eigenvalue weighted by Crippen LogP contribution is 2.25. The zero-order chi connectivity index (χ0) is 17.6. The van der Waals surface area contributed by atoms with Gasteiger partial charge in [-0.3, -0.25) is 0 Å². The van der Waals surface area contributed by atoms with Gasteiger partial charge in [0, 0.05) is 20.8 Å². The van der Waals surface area contributed by atoms with Crippen LogP contribution in [0.5, 0.6) is 0 Å². The van der Waals surface area contributed by atoms with Gasteiger partial charge in [-0.25, -0.2) is 0 Å². The molecule has 0 unspecified atom stereocenters. The highest BCUT2D eigenvalue weighted by molar-refractivity contribution is 4.72. The van der Waals surface area contributed by atoms with E-state index < -0.39 is 0 Å². The van der Waals surface area contributed by atoms with E-state index in [-0.39, 0.29) is 7.43 Å². The molecular formula is C21H51NO. The van der Waals surface area contributed by atoms with Gasteiger partial charge < -0.3 is 9.64 Å². The Hall–Kier alpha value is -0.0800. The van der Waals surface area contributed by atoms with Crippen molar-refractivity contribution in [3.63, 3.8) is 0 Å². The van der Waals surface area contributed by atoms with Gasteiger partial charge in [-0.1, -0.05) is 74.7 Å². The molecule has 0 radical (unpaired) electrons. The van der Waals surface area contributed by atoms with E-state index in [0.29, 0.717) is 0 Å². The average molecular weight is 334 g/mol. The van der Waals surface area contributed by atoms with Crippen LogP contribution < -0.4 is 0 Å². The van der Waals surface area contributed by atoms with Gasteiger partial charge in [0.1, 0.15) is 0 Å². The summed E-state index contributed by atoms with van der Waals surface area (Å²) >= 11 is 0. The van der Waals surface area contributed by atoms with Crippen LogP contribution in [-0.2, 0) is 4.74 Å². The van der Waals surface area contributed by atoms with Gasteiger partial charge in [-0.05, 0) is 44.7 Å². The Morgan fingerprint density at radius 1 is 0.696 bits per heavy atom. The van der Waals surface area contributed by atoms with Crippen LogP contribution in [-0.4, -0.2) is 38.8 Å². The number of likely N-dealkylation sites (tertiary alicyclic amines) is 1. The van der Waals surface area contributed by atoms with E-state index in [4.69, 9.17) is 0 Å². The maximum absolute atomic E-state index is 4.25. The fraction of sp³-hybridized carbons (Fsp3) is 1.00. The third-order valence-corrected chi connectivity index (χ3v) is 3.69. The number of hydrogen-bond acceptors (Lipinski definition) is 2. The Kier molecular flexibility index (Phi) is 40.0. The average Bonchev–Trinajstić information content (AvgIpc) is 2.63. The lowest BCUT2D eigenvalue weighted by Gasteiger charge is -2.32. The lowest BCUT2D eigenvalue weighted by Crippen LogP contribution is -2.34. The van der Waals surface area contributed by atoms with Crippen molar-refractivity contribution in [3.05, 3.63) is 0 Å². The van der Waals surface area contributed by atoms with Gasteiger partial charge in [0.15, 0.2) is 0 Å². The van der Waals surface area contributed by atoms with Gasteiger partial charge >= 0.3 is 0 Å². The highest BCUT2D eigenvalue weighted by Gasteiger charge is 2.18. The highest BCUT2D eigenvalue weighted by atomic mass is 16.4. The summed E-state index contributed by atoms with van der Waals surface area (Å²) in [7, 11) is 3.25. The SMILES string of the molecule is C.C1CCC(CN2CCCCC2)CC1.CC.CC.CC.COC. The van der Waals surface area contributed by atoms with E-state index in [1.807, 2.05) is 41.5 Å². The molecule has 0 bridgehead atoms. The van der Waals surface area contributed by atoms with Crippen LogP contribution in [0.25, 0.3) is 0 Å². The fourth-order valence-electron chi connectivity index (χ4n) is 2.88. The minimum absolute atomic E-state index is 0. The van der Waals surface area contributed by atoms with Crippen molar-refractivity contribution >= 4 is 0 Å². The monoisotopic (exact) mass is 333 g/mol. The molecule has 1 saturated heterocycles. The fourth-order valence-corrected chi connectivity index (χ4v) is 2.88. The van der Waals surface area contributed by atoms with Crippen LogP contribution in [0.3, 0.4) is 0 Å². The molecule has 2 heteroatoms. The summed E-state index contributed by atoms with van der Waals surface area (Å²) in [6, 6.07) is 0. The lowest BCUT2D eigenvalue weighted by atomic mass is 9.88. The summed E-state index contributed by atoms with van der Waals surface area (Å²) in [5.74, 6) is 1.05. The number of ether oxygens (including phenoxy) is 1. The van der Waals surface area contributed by atoms with Crippen molar-refractivity contribution in [2.75, 3.05) is 33.9 Å². The van der Waals surface area contributed by atoms with Crippen molar-refractivity contribution in [2.45, 2.75) is 100 Å². The molecule has 2 aliphatic rings. The quantitative estimate of drug-likeness (QED) is 0.538. The zero-order valence-electron chi connectivity index (χ0n) is 17.2. The van der Waals surface area contributed by atoms with Crippen LogP contribution in [0.4, 0.5) is 0 Å². The number of methoxy groups -OCH3 is 1. The van der Waals surface area contributed by atoms with E-state index >= 15 is 0 Å². The van der Waals surface area contributed by atoms with E-state index in [1.165, 1.54) is 71.0 Å². The molecule has 2 fully saturated rings. The Morgan fingerprint density at radius 2 is 1.04 bits per heavy atom. The smallest absolute Gasteiger partial charge is 0.0351 e. The number of rotatable bonds is 2. The largest absolute Gasteiger partial charge is 0.388 e.